The van der Waals surface area contributed by atoms with Gasteiger partial charge < -0.3 is 10.4 Å². The Hall–Kier alpha value is -2.21. The first kappa shape index (κ1) is 15.2. The number of carbonyl (C=O) groups is 1. The van der Waals surface area contributed by atoms with Crippen LogP contribution in [0, 0.1) is 12.8 Å². The van der Waals surface area contributed by atoms with Crippen molar-refractivity contribution in [2.75, 3.05) is 6.61 Å². The number of nitrogens with zero attached hydrogens (tertiary/aromatic N) is 3. The molecule has 1 heterocycles. The average molecular weight is 288 g/mol. The van der Waals surface area contributed by atoms with Gasteiger partial charge in [0.2, 0.25) is 0 Å². The number of amides is 1. The Morgan fingerprint density at radius 3 is 2.86 bits per heavy atom. The van der Waals surface area contributed by atoms with E-state index in [9.17, 15) is 4.79 Å². The molecule has 6 heteroatoms. The fourth-order valence-electron chi connectivity index (χ4n) is 1.85. The summed E-state index contributed by atoms with van der Waals surface area (Å²) in [7, 11) is 0. The van der Waals surface area contributed by atoms with Crippen LogP contribution in [0.4, 0.5) is 0 Å². The van der Waals surface area contributed by atoms with Crippen LogP contribution in [-0.2, 0) is 0 Å². The monoisotopic (exact) mass is 288 g/mol. The van der Waals surface area contributed by atoms with Crippen LogP contribution in [-0.4, -0.2) is 38.7 Å². The molecule has 0 aliphatic carbocycles. The first-order valence-corrected chi connectivity index (χ1v) is 6.92. The average Bonchev–Trinajstić information content (AvgIpc) is 2.96. The second-order valence-electron chi connectivity index (χ2n) is 5.31. The molecule has 1 aromatic heterocycles. The third kappa shape index (κ3) is 3.66. The minimum absolute atomic E-state index is 0.0132. The Morgan fingerprint density at radius 1 is 1.43 bits per heavy atom. The summed E-state index contributed by atoms with van der Waals surface area (Å²) in [6.07, 6.45) is 1.60. The summed E-state index contributed by atoms with van der Waals surface area (Å²) in [5.41, 5.74) is 2.23. The summed E-state index contributed by atoms with van der Waals surface area (Å²) in [6, 6.07) is 7.65. The molecule has 0 saturated heterocycles. The second-order valence-corrected chi connectivity index (χ2v) is 5.31. The van der Waals surface area contributed by atoms with Gasteiger partial charge in [0.25, 0.3) is 5.91 Å². The van der Waals surface area contributed by atoms with E-state index < -0.39 is 0 Å². The fraction of sp³-hybridized carbons (Fsp3) is 0.400. The fourth-order valence-corrected chi connectivity index (χ4v) is 1.85. The highest BCUT2D eigenvalue weighted by Crippen LogP contribution is 2.09. The number of benzene rings is 1. The molecule has 2 atom stereocenters. The van der Waals surface area contributed by atoms with Crippen molar-refractivity contribution in [2.24, 2.45) is 5.92 Å². The van der Waals surface area contributed by atoms with Crippen molar-refractivity contribution in [1.29, 1.82) is 0 Å². The summed E-state index contributed by atoms with van der Waals surface area (Å²) >= 11 is 0. The molecule has 0 saturated carbocycles. The van der Waals surface area contributed by atoms with Gasteiger partial charge in [-0.15, -0.1) is 5.10 Å². The summed E-state index contributed by atoms with van der Waals surface area (Å²) < 4.78 is 1.57. The van der Waals surface area contributed by atoms with Crippen molar-refractivity contribution in [2.45, 2.75) is 26.8 Å². The zero-order valence-corrected chi connectivity index (χ0v) is 12.4. The third-order valence-corrected chi connectivity index (χ3v) is 3.49. The molecule has 0 radical (unpaired) electrons. The Balaban J connectivity index is 2.11. The molecule has 0 spiro atoms. The number of aliphatic hydroxyl groups is 1. The van der Waals surface area contributed by atoms with Crippen LogP contribution in [0.5, 0.6) is 0 Å². The first-order chi connectivity index (χ1) is 10.0. The van der Waals surface area contributed by atoms with Crippen LogP contribution in [0.25, 0.3) is 5.69 Å². The normalized spacial score (nSPS) is 13.7. The predicted molar refractivity (Wildman–Crippen MR) is 79.3 cm³/mol. The van der Waals surface area contributed by atoms with Gasteiger partial charge in [-0.2, -0.15) is 0 Å². The number of aromatic nitrogens is 3. The van der Waals surface area contributed by atoms with Crippen LogP contribution in [0.15, 0.2) is 30.5 Å². The van der Waals surface area contributed by atoms with Gasteiger partial charge in [0.05, 0.1) is 11.9 Å². The van der Waals surface area contributed by atoms with Crippen molar-refractivity contribution in [3.63, 3.8) is 0 Å². The smallest absolute Gasteiger partial charge is 0.273 e. The zero-order valence-electron chi connectivity index (χ0n) is 12.4. The molecule has 2 aromatic rings. The van der Waals surface area contributed by atoms with Gasteiger partial charge in [-0.25, -0.2) is 4.68 Å². The molecule has 0 fully saturated rings. The van der Waals surface area contributed by atoms with Gasteiger partial charge in [0.15, 0.2) is 5.69 Å². The van der Waals surface area contributed by atoms with Crippen LogP contribution in [0.1, 0.15) is 29.9 Å². The van der Waals surface area contributed by atoms with Gasteiger partial charge in [-0.05, 0) is 37.5 Å². The highest BCUT2D eigenvalue weighted by atomic mass is 16.3. The van der Waals surface area contributed by atoms with E-state index in [0.29, 0.717) is 0 Å². The molecule has 2 rings (SSSR count). The molecule has 21 heavy (non-hydrogen) atoms. The maximum atomic E-state index is 12.1. The molecular formula is C15H20N4O2. The van der Waals surface area contributed by atoms with Gasteiger partial charge in [-0.1, -0.05) is 24.3 Å². The number of nitrogens with one attached hydrogen (secondary N) is 1. The molecule has 0 bridgehead atoms. The van der Waals surface area contributed by atoms with E-state index in [1.165, 1.54) is 0 Å². The Kier molecular flexibility index (Phi) is 4.70. The molecule has 112 valence electrons. The molecule has 2 unspecified atom stereocenters. The van der Waals surface area contributed by atoms with Gasteiger partial charge in [0, 0.05) is 12.6 Å². The maximum absolute atomic E-state index is 12.1. The molecule has 1 amide bonds. The van der Waals surface area contributed by atoms with Gasteiger partial charge in [0.1, 0.15) is 0 Å². The minimum Gasteiger partial charge on any atom is -0.396 e. The van der Waals surface area contributed by atoms with E-state index >= 15 is 0 Å². The molecule has 0 aliphatic heterocycles. The molecule has 6 nitrogen and oxygen atoms in total. The lowest BCUT2D eigenvalue weighted by molar-refractivity contribution is 0.0911. The summed E-state index contributed by atoms with van der Waals surface area (Å²) in [5.74, 6) is -0.303. The summed E-state index contributed by atoms with van der Waals surface area (Å²) in [4.78, 5) is 12.1. The van der Waals surface area contributed by atoms with E-state index in [-0.39, 0.29) is 30.2 Å². The summed E-state index contributed by atoms with van der Waals surface area (Å²) in [5, 5.41) is 19.8. The van der Waals surface area contributed by atoms with Crippen LogP contribution in [0.3, 0.4) is 0 Å². The van der Waals surface area contributed by atoms with Gasteiger partial charge >= 0.3 is 0 Å². The van der Waals surface area contributed by atoms with E-state index in [2.05, 4.69) is 15.6 Å². The lowest BCUT2D eigenvalue weighted by atomic mass is 10.1. The van der Waals surface area contributed by atoms with Crippen molar-refractivity contribution in [3.8, 4) is 5.69 Å². The molecule has 0 aliphatic rings. The highest BCUT2D eigenvalue weighted by Gasteiger charge is 2.17. The largest absolute Gasteiger partial charge is 0.396 e. The minimum atomic E-state index is -0.290. The number of hydrogen-bond acceptors (Lipinski definition) is 4. The number of aliphatic hydroxyl groups excluding tert-OH is 1. The van der Waals surface area contributed by atoms with Gasteiger partial charge in [-0.3, -0.25) is 4.79 Å². The Bertz CT molecular complexity index is 624. The SMILES string of the molecule is Cc1cccc(-n2cc(C(=O)NC(C)C(C)CO)nn2)c1. The number of rotatable bonds is 5. The lowest BCUT2D eigenvalue weighted by Gasteiger charge is -2.18. The van der Waals surface area contributed by atoms with Crippen LogP contribution >= 0.6 is 0 Å². The summed E-state index contributed by atoms with van der Waals surface area (Å²) in [6.45, 7) is 5.74. The first-order valence-electron chi connectivity index (χ1n) is 6.92. The number of hydrogen-bond donors (Lipinski definition) is 2. The Morgan fingerprint density at radius 2 is 2.19 bits per heavy atom. The van der Waals surface area contributed by atoms with Crippen LogP contribution < -0.4 is 5.32 Å². The van der Waals surface area contributed by atoms with Crippen LogP contribution in [0.2, 0.25) is 0 Å². The Labute approximate surface area is 123 Å². The third-order valence-electron chi connectivity index (χ3n) is 3.49. The van der Waals surface area contributed by atoms with Crippen molar-refractivity contribution >= 4 is 5.91 Å². The van der Waals surface area contributed by atoms with Crippen molar-refractivity contribution in [1.82, 2.24) is 20.3 Å². The lowest BCUT2D eigenvalue weighted by Crippen LogP contribution is -2.38. The quantitative estimate of drug-likeness (QED) is 0.869. The van der Waals surface area contributed by atoms with E-state index in [1.54, 1.807) is 10.9 Å². The molecular weight excluding hydrogens is 268 g/mol. The van der Waals surface area contributed by atoms with E-state index in [4.69, 9.17) is 5.11 Å². The van der Waals surface area contributed by atoms with Crippen molar-refractivity contribution < 1.29 is 9.90 Å². The maximum Gasteiger partial charge on any atom is 0.273 e. The topological polar surface area (TPSA) is 80.0 Å². The van der Waals surface area contributed by atoms with E-state index in [1.807, 2.05) is 45.0 Å². The zero-order chi connectivity index (χ0) is 15.4. The highest BCUT2D eigenvalue weighted by molar-refractivity contribution is 5.92. The number of aryl methyl sites for hydroxylation is 1. The molecule has 2 N–H and O–H groups in total. The van der Waals surface area contributed by atoms with Crippen molar-refractivity contribution in [3.05, 3.63) is 41.7 Å². The predicted octanol–water partition coefficient (Wildman–Crippen LogP) is 1.32. The molecule has 1 aromatic carbocycles. The second kappa shape index (κ2) is 6.49. The standard InChI is InChI=1S/C15H20N4O2/c1-10-5-4-6-13(7-10)19-8-14(17-18-19)15(21)16-12(3)11(2)9-20/h4-8,11-12,20H,9H2,1-3H3,(H,16,21). The van der Waals surface area contributed by atoms with E-state index in [0.717, 1.165) is 11.3 Å². The number of carbonyl (C=O) groups excluding carboxylic acids is 1.